The molecule has 0 saturated carbocycles. The van der Waals surface area contributed by atoms with Crippen molar-refractivity contribution < 1.29 is 30.7 Å². The van der Waals surface area contributed by atoms with Crippen LogP contribution < -0.4 is 0 Å². The maximum atomic E-state index is 11.4. The zero-order chi connectivity index (χ0) is 12.5. The van der Waals surface area contributed by atoms with Crippen molar-refractivity contribution in [1.29, 1.82) is 0 Å². The molecular weight excluding hydrogens is 229 g/mol. The molecule has 7 heteroatoms. The van der Waals surface area contributed by atoms with Gasteiger partial charge in [-0.3, -0.25) is 0 Å². The molecule has 0 aliphatic heterocycles. The van der Waals surface area contributed by atoms with E-state index in [-0.39, 0.29) is 6.42 Å². The predicted molar refractivity (Wildman–Crippen MR) is 42.2 cm³/mol. The summed E-state index contributed by atoms with van der Waals surface area (Å²) in [4.78, 5) is 0. The van der Waals surface area contributed by atoms with Gasteiger partial charge in [-0.2, -0.15) is 26.3 Å². The third-order valence-corrected chi connectivity index (χ3v) is 1.22. The van der Waals surface area contributed by atoms with Gasteiger partial charge in [0.1, 0.15) is 0 Å². The summed E-state index contributed by atoms with van der Waals surface area (Å²) in [7, 11) is 0. The van der Waals surface area contributed by atoms with Gasteiger partial charge in [0.25, 0.3) is 0 Å². The molecule has 0 amide bonds. The lowest BCUT2D eigenvalue weighted by molar-refractivity contribution is -0.142. The Morgan fingerprint density at radius 2 is 1.20 bits per heavy atom. The van der Waals surface area contributed by atoms with Gasteiger partial charge in [0.2, 0.25) is 0 Å². The topological polar surface area (TPSA) is 0 Å². The summed E-state index contributed by atoms with van der Waals surface area (Å²) >= 11 is 0. The van der Waals surface area contributed by atoms with Crippen LogP contribution in [0, 0.1) is 0 Å². The summed E-state index contributed by atoms with van der Waals surface area (Å²) in [6.07, 6.45) is -7.40. The van der Waals surface area contributed by atoms with Gasteiger partial charge in [-0.15, -0.1) is 0 Å². The average Bonchev–Trinajstić information content (AvgIpc) is 2.02. The van der Waals surface area contributed by atoms with Gasteiger partial charge in [0.05, 0.1) is 0 Å². The molecule has 0 nitrogen and oxygen atoms in total. The van der Waals surface area contributed by atoms with Crippen molar-refractivity contribution in [2.75, 3.05) is 6.67 Å². The van der Waals surface area contributed by atoms with Crippen LogP contribution in [0.3, 0.4) is 0 Å². The van der Waals surface area contributed by atoms with E-state index in [1.165, 1.54) is 0 Å². The third kappa shape index (κ3) is 24.7. The molecule has 0 aromatic heterocycles. The molecule has 0 atom stereocenters. The van der Waals surface area contributed by atoms with Crippen LogP contribution in [0.4, 0.5) is 30.7 Å². The van der Waals surface area contributed by atoms with Crippen LogP contribution in [0.1, 0.15) is 32.6 Å². The number of hydrogen-bond acceptors (Lipinski definition) is 0. The second-order valence-electron chi connectivity index (χ2n) is 2.82. The fourth-order valence-corrected chi connectivity index (χ4v) is 0.575. The van der Waals surface area contributed by atoms with Crippen LogP contribution in [0.15, 0.2) is 0 Å². The minimum absolute atomic E-state index is 0.278. The van der Waals surface area contributed by atoms with Gasteiger partial charge in [0.15, 0.2) is 6.67 Å². The first kappa shape index (κ1) is 16.9. The van der Waals surface area contributed by atoms with Crippen molar-refractivity contribution in [2.24, 2.45) is 0 Å². The third-order valence-electron chi connectivity index (χ3n) is 1.22. The molecule has 15 heavy (non-hydrogen) atoms. The first-order valence-electron chi connectivity index (χ1n) is 4.32. The van der Waals surface area contributed by atoms with E-state index < -0.39 is 25.4 Å². The first-order valence-corrected chi connectivity index (χ1v) is 4.32. The van der Waals surface area contributed by atoms with E-state index in [1.54, 1.807) is 0 Å². The second kappa shape index (κ2) is 7.76. The maximum Gasteiger partial charge on any atom is 0.416 e. The second-order valence-corrected chi connectivity index (χ2v) is 2.82. The number of hydrogen-bond donors (Lipinski definition) is 0. The molecule has 0 aromatic rings. The number of rotatable bonds is 3. The normalized spacial score (nSPS) is 12.0. The Hall–Kier alpha value is -0.490. The zero-order valence-corrected chi connectivity index (χ0v) is 8.18. The molecule has 0 bridgehead atoms. The quantitative estimate of drug-likeness (QED) is 0.499. The lowest BCUT2D eigenvalue weighted by Crippen LogP contribution is -2.08. The highest BCUT2D eigenvalue weighted by molar-refractivity contribution is 4.49. The van der Waals surface area contributed by atoms with Gasteiger partial charge >= 0.3 is 12.4 Å². The molecule has 0 rings (SSSR count). The zero-order valence-electron chi connectivity index (χ0n) is 8.18. The summed E-state index contributed by atoms with van der Waals surface area (Å²) in [6.45, 7) is -0.344. The van der Waals surface area contributed by atoms with Gasteiger partial charge in [-0.1, -0.05) is 19.8 Å². The van der Waals surface area contributed by atoms with E-state index in [1.807, 2.05) is 6.92 Å². The molecule has 0 aliphatic carbocycles. The monoisotopic (exact) mass is 242 g/mol. The van der Waals surface area contributed by atoms with Crippen molar-refractivity contribution in [3.63, 3.8) is 0 Å². The molecular formula is C8H13F7. The molecule has 0 radical (unpaired) electrons. The van der Waals surface area contributed by atoms with E-state index in [0.29, 0.717) is 6.42 Å². The largest absolute Gasteiger partial charge is 0.416 e. The summed E-state index contributed by atoms with van der Waals surface area (Å²) in [5.74, 6) is 0. The fraction of sp³-hybridized carbons (Fsp3) is 1.00. The standard InChI is InChI=1S/C6H11F3.C2H2F4/c1-2-3-4-5-6(7,8)9;3-1-2(4,5)6/h2-5H2,1H3;1H2. The first-order chi connectivity index (χ1) is 6.62. The Bertz CT molecular complexity index is 135. The number of unbranched alkanes of at least 4 members (excludes halogenated alkanes) is 2. The van der Waals surface area contributed by atoms with Gasteiger partial charge in [-0.25, -0.2) is 4.39 Å². The Morgan fingerprint density at radius 3 is 1.40 bits per heavy atom. The molecule has 0 heterocycles. The SMILES string of the molecule is CCCCCC(F)(F)F.FCC(F)(F)F. The van der Waals surface area contributed by atoms with E-state index in [2.05, 4.69) is 0 Å². The van der Waals surface area contributed by atoms with Crippen LogP contribution in [-0.4, -0.2) is 19.0 Å². The highest BCUT2D eigenvalue weighted by Gasteiger charge is 2.26. The molecule has 0 aromatic carbocycles. The van der Waals surface area contributed by atoms with E-state index in [4.69, 9.17) is 0 Å². The number of alkyl halides is 7. The fourth-order valence-electron chi connectivity index (χ4n) is 0.575. The highest BCUT2D eigenvalue weighted by atomic mass is 19.4. The Morgan fingerprint density at radius 1 is 0.800 bits per heavy atom. The summed E-state index contributed by atoms with van der Waals surface area (Å²) in [6, 6.07) is 0. The molecule has 0 saturated heterocycles. The summed E-state index contributed by atoms with van der Waals surface area (Å²) in [5, 5.41) is 0. The number of halogens is 7. The van der Waals surface area contributed by atoms with Gasteiger partial charge in [0, 0.05) is 6.42 Å². The molecule has 0 fully saturated rings. The van der Waals surface area contributed by atoms with E-state index in [9.17, 15) is 30.7 Å². The summed E-state index contributed by atoms with van der Waals surface area (Å²) in [5.41, 5.74) is 0. The van der Waals surface area contributed by atoms with Crippen LogP contribution in [0.25, 0.3) is 0 Å². The van der Waals surface area contributed by atoms with Crippen molar-refractivity contribution in [1.82, 2.24) is 0 Å². The molecule has 0 N–H and O–H groups in total. The molecule has 0 unspecified atom stereocenters. The van der Waals surface area contributed by atoms with Crippen LogP contribution in [0.2, 0.25) is 0 Å². The minimum Gasteiger partial charge on any atom is -0.241 e. The smallest absolute Gasteiger partial charge is 0.241 e. The van der Waals surface area contributed by atoms with Crippen molar-refractivity contribution in [3.8, 4) is 0 Å². The van der Waals surface area contributed by atoms with Crippen molar-refractivity contribution in [3.05, 3.63) is 0 Å². The van der Waals surface area contributed by atoms with Crippen LogP contribution in [0.5, 0.6) is 0 Å². The van der Waals surface area contributed by atoms with E-state index in [0.717, 1.165) is 6.42 Å². The highest BCUT2D eigenvalue weighted by Crippen LogP contribution is 2.22. The van der Waals surface area contributed by atoms with Gasteiger partial charge < -0.3 is 0 Å². The molecule has 0 aliphatic rings. The Labute approximate surface area is 83.5 Å². The van der Waals surface area contributed by atoms with Crippen LogP contribution in [-0.2, 0) is 0 Å². The van der Waals surface area contributed by atoms with Crippen molar-refractivity contribution in [2.45, 2.75) is 45.0 Å². The Kier molecular flexibility index (Phi) is 8.75. The predicted octanol–water partition coefficient (Wildman–Crippen LogP) is 4.65. The van der Waals surface area contributed by atoms with Crippen molar-refractivity contribution >= 4 is 0 Å². The van der Waals surface area contributed by atoms with Gasteiger partial charge in [-0.05, 0) is 6.42 Å². The lowest BCUT2D eigenvalue weighted by atomic mass is 10.2. The van der Waals surface area contributed by atoms with E-state index >= 15 is 0 Å². The van der Waals surface area contributed by atoms with Crippen LogP contribution >= 0.6 is 0 Å². The minimum atomic E-state index is -4.62. The molecule has 0 spiro atoms. The maximum absolute atomic E-state index is 11.4. The molecule has 94 valence electrons. The Balaban J connectivity index is 0. The average molecular weight is 242 g/mol. The summed E-state index contributed by atoms with van der Waals surface area (Å²) < 4.78 is 75.7. The lowest BCUT2D eigenvalue weighted by Gasteiger charge is -2.03.